The van der Waals surface area contributed by atoms with Crippen LogP contribution in [-0.4, -0.2) is 56.8 Å². The van der Waals surface area contributed by atoms with Gasteiger partial charge < -0.3 is 15.3 Å². The van der Waals surface area contributed by atoms with Gasteiger partial charge in [-0.2, -0.15) is 0 Å². The van der Waals surface area contributed by atoms with Gasteiger partial charge in [0, 0.05) is 0 Å². The highest BCUT2D eigenvalue weighted by Crippen LogP contribution is 2.16. The van der Waals surface area contributed by atoms with Gasteiger partial charge in [-0.05, 0) is 13.8 Å². The molecule has 2 atom stereocenters. The first-order valence-corrected chi connectivity index (χ1v) is 5.21. The molecule has 0 aromatic rings. The molecule has 0 saturated carbocycles. The molecule has 18 heavy (non-hydrogen) atoms. The van der Waals surface area contributed by atoms with Gasteiger partial charge in [0.25, 0.3) is 0 Å². The molecule has 0 radical (unpaired) electrons. The molecule has 0 heterocycles. The van der Waals surface area contributed by atoms with E-state index in [9.17, 15) is 29.4 Å². The second-order valence-corrected chi connectivity index (χ2v) is 4.13. The molecule has 0 fully saturated rings. The van der Waals surface area contributed by atoms with Gasteiger partial charge in [0.1, 0.15) is 11.6 Å². The van der Waals surface area contributed by atoms with Crippen LogP contribution in [0.5, 0.6) is 0 Å². The summed E-state index contributed by atoms with van der Waals surface area (Å²) < 4.78 is 0. The van der Waals surface area contributed by atoms with Crippen LogP contribution in [0.2, 0.25) is 0 Å². The maximum absolute atomic E-state index is 11.5. The molecular weight excluding hydrogens is 244 g/mol. The molecule has 3 N–H and O–H groups in total. The first kappa shape index (κ1) is 16.6. The Morgan fingerprint density at radius 1 is 1.06 bits per heavy atom. The average Bonchev–Trinajstić information content (AvgIpc) is 2.24. The first-order valence-electron chi connectivity index (χ1n) is 5.21. The third kappa shape index (κ3) is 4.10. The predicted octanol–water partition coefficient (Wildman–Crippen LogP) is -1.83. The quantitative estimate of drug-likeness (QED) is 0.437. The number of hydrogen-bond acceptors (Lipinski definition) is 7. The summed E-state index contributed by atoms with van der Waals surface area (Å²) in [5.74, 6) is -3.39. The van der Waals surface area contributed by atoms with Crippen molar-refractivity contribution in [1.82, 2.24) is 0 Å². The van der Waals surface area contributed by atoms with Gasteiger partial charge in [0.05, 0.1) is 19.4 Å². The van der Waals surface area contributed by atoms with E-state index in [1.54, 1.807) is 0 Å². The zero-order chi connectivity index (χ0) is 14.5. The lowest BCUT2D eigenvalue weighted by atomic mass is 9.86. The molecule has 0 amide bonds. The summed E-state index contributed by atoms with van der Waals surface area (Å²) >= 11 is 0. The lowest BCUT2D eigenvalue weighted by molar-refractivity contribution is -0.166. The van der Waals surface area contributed by atoms with Crippen LogP contribution in [0.25, 0.3) is 0 Å². The monoisotopic (exact) mass is 260 g/mol. The van der Waals surface area contributed by atoms with Crippen molar-refractivity contribution < 1.29 is 34.5 Å². The SMILES string of the molecule is CC(=O)CC(=O)C(O)C(O)(CO)C(=O)CC(C)=O. The fraction of sp³-hybridized carbons (Fsp3) is 0.636. The third-order valence-corrected chi connectivity index (χ3v) is 2.31. The second kappa shape index (κ2) is 6.48. The van der Waals surface area contributed by atoms with Crippen LogP contribution < -0.4 is 0 Å². The van der Waals surface area contributed by atoms with E-state index in [0.717, 1.165) is 13.8 Å². The molecule has 0 aromatic heterocycles. The van der Waals surface area contributed by atoms with E-state index in [-0.39, 0.29) is 0 Å². The molecule has 0 aromatic carbocycles. The van der Waals surface area contributed by atoms with Gasteiger partial charge in [-0.15, -0.1) is 0 Å². The maximum atomic E-state index is 11.5. The minimum Gasteiger partial charge on any atom is -0.393 e. The van der Waals surface area contributed by atoms with Crippen molar-refractivity contribution in [3.8, 4) is 0 Å². The highest BCUT2D eigenvalue weighted by Gasteiger charge is 2.46. The Morgan fingerprint density at radius 3 is 1.83 bits per heavy atom. The molecule has 0 spiro atoms. The molecular formula is C11H16O7. The number of rotatable bonds is 8. The van der Waals surface area contributed by atoms with Gasteiger partial charge in [-0.1, -0.05) is 0 Å². The summed E-state index contributed by atoms with van der Waals surface area (Å²) in [6.45, 7) is 0.962. The number of aliphatic hydroxyl groups excluding tert-OH is 2. The van der Waals surface area contributed by atoms with Gasteiger partial charge in [-0.3, -0.25) is 19.2 Å². The van der Waals surface area contributed by atoms with Crippen LogP contribution in [0.1, 0.15) is 26.7 Å². The van der Waals surface area contributed by atoms with Crippen LogP contribution in [0.3, 0.4) is 0 Å². The Balaban J connectivity index is 5.03. The minimum atomic E-state index is -2.75. The minimum absolute atomic E-state index is 0.557. The first-order chi connectivity index (χ1) is 8.15. The molecule has 0 bridgehead atoms. The molecule has 2 unspecified atom stereocenters. The number of hydrogen-bond donors (Lipinski definition) is 3. The standard InChI is InChI=1S/C11H16O7/c1-6(13)3-8(15)10(17)11(18,5-12)9(16)4-7(2)14/h10,12,17-18H,3-5H2,1-2H3. The van der Waals surface area contributed by atoms with E-state index in [1.807, 2.05) is 0 Å². The summed E-state index contributed by atoms with van der Waals surface area (Å²) in [5.41, 5.74) is -2.75. The Hall–Kier alpha value is -1.44. The second-order valence-electron chi connectivity index (χ2n) is 4.13. The zero-order valence-corrected chi connectivity index (χ0v) is 10.2. The maximum Gasteiger partial charge on any atom is 0.179 e. The van der Waals surface area contributed by atoms with Gasteiger partial charge in [-0.25, -0.2) is 0 Å². The fourth-order valence-corrected chi connectivity index (χ4v) is 1.31. The van der Waals surface area contributed by atoms with Crippen molar-refractivity contribution in [3.05, 3.63) is 0 Å². The Morgan fingerprint density at radius 2 is 1.50 bits per heavy atom. The molecule has 7 heteroatoms. The highest BCUT2D eigenvalue weighted by atomic mass is 16.4. The molecule has 102 valence electrons. The molecule has 0 aliphatic rings. The topological polar surface area (TPSA) is 129 Å². The lowest BCUT2D eigenvalue weighted by Crippen LogP contribution is -2.56. The highest BCUT2D eigenvalue weighted by molar-refractivity contribution is 6.07. The van der Waals surface area contributed by atoms with Gasteiger partial charge in [0.15, 0.2) is 23.3 Å². The van der Waals surface area contributed by atoms with Crippen molar-refractivity contribution in [2.45, 2.75) is 38.4 Å². The summed E-state index contributed by atoms with van der Waals surface area (Å²) in [6, 6.07) is 0. The van der Waals surface area contributed by atoms with E-state index < -0.39 is 54.3 Å². The predicted molar refractivity (Wildman–Crippen MR) is 58.7 cm³/mol. The van der Waals surface area contributed by atoms with Crippen molar-refractivity contribution in [2.75, 3.05) is 6.61 Å². The Bertz CT molecular complexity index is 374. The summed E-state index contributed by atoms with van der Waals surface area (Å²) in [6.07, 6.45) is -3.63. The van der Waals surface area contributed by atoms with Crippen LogP contribution in [0.15, 0.2) is 0 Å². The normalized spacial score (nSPS) is 15.6. The Labute approximate surface area is 103 Å². The molecule has 0 aliphatic heterocycles. The zero-order valence-electron chi connectivity index (χ0n) is 10.2. The van der Waals surface area contributed by atoms with E-state index in [1.165, 1.54) is 0 Å². The number of carbonyl (C=O) groups excluding carboxylic acids is 4. The summed E-state index contributed by atoms with van der Waals surface area (Å²) in [4.78, 5) is 44.3. The smallest absolute Gasteiger partial charge is 0.179 e. The Kier molecular flexibility index (Phi) is 5.96. The number of Topliss-reactive ketones (excluding diaryl/α,β-unsaturated/α-hetero) is 4. The van der Waals surface area contributed by atoms with Crippen LogP contribution in [0, 0.1) is 0 Å². The molecule has 0 saturated heterocycles. The van der Waals surface area contributed by atoms with Gasteiger partial charge >= 0.3 is 0 Å². The van der Waals surface area contributed by atoms with E-state index in [4.69, 9.17) is 5.11 Å². The van der Waals surface area contributed by atoms with Gasteiger partial charge in [0.2, 0.25) is 0 Å². The molecule has 7 nitrogen and oxygen atoms in total. The number of carbonyl (C=O) groups is 4. The van der Waals surface area contributed by atoms with E-state index >= 15 is 0 Å². The summed E-state index contributed by atoms with van der Waals surface area (Å²) in [7, 11) is 0. The third-order valence-electron chi connectivity index (χ3n) is 2.31. The number of aliphatic hydroxyl groups is 3. The molecule has 0 aliphatic carbocycles. The average molecular weight is 260 g/mol. The van der Waals surface area contributed by atoms with Crippen LogP contribution >= 0.6 is 0 Å². The molecule has 0 rings (SSSR count). The van der Waals surface area contributed by atoms with Crippen LogP contribution in [0.4, 0.5) is 0 Å². The lowest BCUT2D eigenvalue weighted by Gasteiger charge is -2.28. The number of ketones is 4. The van der Waals surface area contributed by atoms with Crippen molar-refractivity contribution in [1.29, 1.82) is 0 Å². The van der Waals surface area contributed by atoms with Crippen molar-refractivity contribution in [3.63, 3.8) is 0 Å². The fourth-order valence-electron chi connectivity index (χ4n) is 1.31. The van der Waals surface area contributed by atoms with Crippen LogP contribution in [-0.2, 0) is 19.2 Å². The van der Waals surface area contributed by atoms with E-state index in [2.05, 4.69) is 0 Å². The largest absolute Gasteiger partial charge is 0.393 e. The van der Waals surface area contributed by atoms with E-state index in [0.29, 0.717) is 0 Å². The summed E-state index contributed by atoms with van der Waals surface area (Å²) in [5, 5.41) is 28.2. The van der Waals surface area contributed by atoms with Crippen molar-refractivity contribution in [2.24, 2.45) is 0 Å². The van der Waals surface area contributed by atoms with Crippen molar-refractivity contribution >= 4 is 23.1 Å².